The van der Waals surface area contributed by atoms with Gasteiger partial charge in [-0.25, -0.2) is 4.79 Å². The monoisotopic (exact) mass is 415 g/mol. The molecule has 0 aliphatic heterocycles. The van der Waals surface area contributed by atoms with Gasteiger partial charge in [0, 0.05) is 6.54 Å². The first-order chi connectivity index (χ1) is 14.5. The second-order valence-electron chi connectivity index (χ2n) is 6.81. The molecule has 0 heterocycles. The zero-order chi connectivity index (χ0) is 22.6. The summed E-state index contributed by atoms with van der Waals surface area (Å²) in [6, 6.07) is 9.45. The number of nitrogens with zero attached hydrogens (tertiary/aromatic N) is 1. The molecule has 30 heavy (non-hydrogen) atoms. The Balaban J connectivity index is 0.000000710. The third kappa shape index (κ3) is 14.4. The van der Waals surface area contributed by atoms with E-state index in [1.54, 1.807) is 18.2 Å². The van der Waals surface area contributed by atoms with Crippen molar-refractivity contribution in [1.29, 1.82) is 0 Å². The second-order valence-corrected chi connectivity index (χ2v) is 6.81. The Kier molecular flexibility index (Phi) is 16.8. The standard InChI is InChI=1S/C16H21NO3.C9H16O/c1-3-8-15(18)12-17(11-4-2)16(19)20-13-14-9-6-5-7-10-14;1-3-5-6-8-9(10)7-4-2/h3-7,9-10,15,18H,1-2,8,11-13H2;3-4,9-10H,1-2,5-8H2. The third-order valence-corrected chi connectivity index (χ3v) is 4.07. The van der Waals surface area contributed by atoms with E-state index in [2.05, 4.69) is 26.3 Å². The van der Waals surface area contributed by atoms with E-state index >= 15 is 0 Å². The van der Waals surface area contributed by atoms with E-state index < -0.39 is 12.2 Å². The van der Waals surface area contributed by atoms with Crippen LogP contribution in [0.2, 0.25) is 0 Å². The van der Waals surface area contributed by atoms with Crippen LogP contribution in [-0.4, -0.2) is 46.5 Å². The first-order valence-corrected chi connectivity index (χ1v) is 10.2. The van der Waals surface area contributed by atoms with Crippen molar-refractivity contribution in [2.75, 3.05) is 13.1 Å². The summed E-state index contributed by atoms with van der Waals surface area (Å²) in [5, 5.41) is 18.9. The summed E-state index contributed by atoms with van der Waals surface area (Å²) in [5.41, 5.74) is 0.922. The van der Waals surface area contributed by atoms with Crippen molar-refractivity contribution in [2.45, 2.75) is 50.9 Å². The molecular weight excluding hydrogens is 378 g/mol. The predicted octanol–water partition coefficient (Wildman–Crippen LogP) is 5.03. The molecule has 0 aromatic heterocycles. The highest BCUT2D eigenvalue weighted by molar-refractivity contribution is 5.67. The van der Waals surface area contributed by atoms with Crippen LogP contribution in [0.25, 0.3) is 0 Å². The van der Waals surface area contributed by atoms with Gasteiger partial charge in [0.25, 0.3) is 0 Å². The normalized spacial score (nSPS) is 11.8. The molecule has 0 saturated carbocycles. The number of unbranched alkanes of at least 4 members (excludes halogenated alkanes) is 1. The molecule has 1 aromatic rings. The molecule has 0 radical (unpaired) electrons. The van der Waals surface area contributed by atoms with Gasteiger partial charge in [-0.3, -0.25) is 0 Å². The number of aliphatic hydroxyl groups is 2. The fraction of sp³-hybridized carbons (Fsp3) is 0.400. The van der Waals surface area contributed by atoms with Crippen LogP contribution in [0.3, 0.4) is 0 Å². The summed E-state index contributed by atoms with van der Waals surface area (Å²) in [4.78, 5) is 13.4. The van der Waals surface area contributed by atoms with Gasteiger partial charge in [-0.05, 0) is 37.7 Å². The Bertz CT molecular complexity index is 615. The van der Waals surface area contributed by atoms with Crippen molar-refractivity contribution in [2.24, 2.45) is 0 Å². The molecule has 0 spiro atoms. The first kappa shape index (κ1) is 27.4. The van der Waals surface area contributed by atoms with Crippen LogP contribution in [0.5, 0.6) is 0 Å². The molecule has 5 nitrogen and oxygen atoms in total. The van der Waals surface area contributed by atoms with Gasteiger partial charge in [0.1, 0.15) is 6.61 Å². The molecule has 0 aliphatic rings. The van der Waals surface area contributed by atoms with Crippen molar-refractivity contribution in [3.05, 3.63) is 86.5 Å². The molecule has 1 aromatic carbocycles. The maximum absolute atomic E-state index is 12.0. The van der Waals surface area contributed by atoms with Gasteiger partial charge in [0.2, 0.25) is 0 Å². The Labute approximate surface area is 181 Å². The van der Waals surface area contributed by atoms with Gasteiger partial charge in [0.05, 0.1) is 18.8 Å². The number of carbonyl (C=O) groups excluding carboxylic acids is 1. The van der Waals surface area contributed by atoms with Crippen molar-refractivity contribution in [3.8, 4) is 0 Å². The summed E-state index contributed by atoms with van der Waals surface area (Å²) in [5.74, 6) is 0. The highest BCUT2D eigenvalue weighted by Crippen LogP contribution is 2.06. The molecule has 2 atom stereocenters. The van der Waals surface area contributed by atoms with E-state index in [9.17, 15) is 15.0 Å². The molecule has 1 amide bonds. The average Bonchev–Trinajstić information content (AvgIpc) is 2.73. The average molecular weight is 416 g/mol. The second kappa shape index (κ2) is 18.4. The van der Waals surface area contributed by atoms with Crippen LogP contribution < -0.4 is 0 Å². The van der Waals surface area contributed by atoms with Crippen LogP contribution in [-0.2, 0) is 11.3 Å². The predicted molar refractivity (Wildman–Crippen MR) is 124 cm³/mol. The van der Waals surface area contributed by atoms with E-state index in [1.807, 2.05) is 36.4 Å². The third-order valence-electron chi connectivity index (χ3n) is 4.07. The largest absolute Gasteiger partial charge is 0.445 e. The lowest BCUT2D eigenvalue weighted by molar-refractivity contribution is 0.0741. The Hall–Kier alpha value is -2.63. The molecular formula is C25H37NO4. The summed E-state index contributed by atoms with van der Waals surface area (Å²) in [7, 11) is 0. The Morgan fingerprint density at radius 1 is 0.967 bits per heavy atom. The zero-order valence-electron chi connectivity index (χ0n) is 18.0. The number of amides is 1. The van der Waals surface area contributed by atoms with Gasteiger partial charge in [-0.1, -0.05) is 54.6 Å². The molecule has 1 rings (SSSR count). The van der Waals surface area contributed by atoms with E-state index in [0.29, 0.717) is 19.4 Å². The highest BCUT2D eigenvalue weighted by atomic mass is 16.6. The molecule has 0 fully saturated rings. The van der Waals surface area contributed by atoms with Gasteiger partial charge in [-0.2, -0.15) is 0 Å². The van der Waals surface area contributed by atoms with Crippen LogP contribution in [0.4, 0.5) is 4.79 Å². The summed E-state index contributed by atoms with van der Waals surface area (Å²) in [6.07, 6.45) is 9.56. The first-order valence-electron chi connectivity index (χ1n) is 10.2. The minimum absolute atomic E-state index is 0.197. The number of rotatable bonds is 14. The number of hydrogen-bond donors (Lipinski definition) is 2. The number of carbonyl (C=O) groups is 1. The van der Waals surface area contributed by atoms with Gasteiger partial charge < -0.3 is 19.8 Å². The lowest BCUT2D eigenvalue weighted by Gasteiger charge is -2.23. The molecule has 0 saturated heterocycles. The fourth-order valence-corrected chi connectivity index (χ4v) is 2.52. The molecule has 5 heteroatoms. The molecule has 166 valence electrons. The molecule has 2 N–H and O–H groups in total. The van der Waals surface area contributed by atoms with Crippen molar-refractivity contribution in [1.82, 2.24) is 4.90 Å². The number of ether oxygens (including phenoxy) is 1. The Morgan fingerprint density at radius 2 is 1.60 bits per heavy atom. The van der Waals surface area contributed by atoms with E-state index in [1.165, 1.54) is 4.90 Å². The molecule has 2 unspecified atom stereocenters. The highest BCUT2D eigenvalue weighted by Gasteiger charge is 2.17. The Morgan fingerprint density at radius 3 is 2.17 bits per heavy atom. The van der Waals surface area contributed by atoms with E-state index in [4.69, 9.17) is 4.74 Å². The van der Waals surface area contributed by atoms with Gasteiger partial charge in [0.15, 0.2) is 0 Å². The number of allylic oxidation sites excluding steroid dienone is 1. The van der Waals surface area contributed by atoms with Gasteiger partial charge >= 0.3 is 6.09 Å². The van der Waals surface area contributed by atoms with Crippen molar-refractivity contribution >= 4 is 6.09 Å². The molecule has 0 bridgehead atoms. The van der Waals surface area contributed by atoms with Crippen molar-refractivity contribution in [3.63, 3.8) is 0 Å². The van der Waals surface area contributed by atoms with Crippen LogP contribution in [0.15, 0.2) is 81.0 Å². The van der Waals surface area contributed by atoms with E-state index in [0.717, 1.165) is 24.8 Å². The molecule has 0 aliphatic carbocycles. The number of benzene rings is 1. The van der Waals surface area contributed by atoms with Crippen molar-refractivity contribution < 1.29 is 19.7 Å². The SMILES string of the molecule is C=CCC(O)CN(CC=C)C(=O)OCc1ccccc1.C=CCCCC(O)CC=C. The quantitative estimate of drug-likeness (QED) is 0.330. The summed E-state index contributed by atoms with van der Waals surface area (Å²) in [6.45, 7) is 15.1. The maximum Gasteiger partial charge on any atom is 0.410 e. The van der Waals surface area contributed by atoms with E-state index in [-0.39, 0.29) is 19.3 Å². The maximum atomic E-state index is 12.0. The van der Waals surface area contributed by atoms with Crippen LogP contribution in [0, 0.1) is 0 Å². The topological polar surface area (TPSA) is 70.0 Å². The summed E-state index contributed by atoms with van der Waals surface area (Å²) >= 11 is 0. The number of aliphatic hydroxyl groups excluding tert-OH is 2. The zero-order valence-corrected chi connectivity index (χ0v) is 18.0. The number of hydrogen-bond acceptors (Lipinski definition) is 4. The fourth-order valence-electron chi connectivity index (χ4n) is 2.52. The van der Waals surface area contributed by atoms with Gasteiger partial charge in [-0.15, -0.1) is 26.3 Å². The lowest BCUT2D eigenvalue weighted by Crippen LogP contribution is -2.37. The minimum Gasteiger partial charge on any atom is -0.445 e. The smallest absolute Gasteiger partial charge is 0.410 e. The van der Waals surface area contributed by atoms with Crippen LogP contribution >= 0.6 is 0 Å². The lowest BCUT2D eigenvalue weighted by atomic mass is 10.1. The summed E-state index contributed by atoms with van der Waals surface area (Å²) < 4.78 is 5.22. The minimum atomic E-state index is -0.642. The van der Waals surface area contributed by atoms with Crippen LogP contribution in [0.1, 0.15) is 37.7 Å².